The lowest BCUT2D eigenvalue weighted by atomic mass is 9.47. The lowest BCUT2D eigenvalue weighted by molar-refractivity contribution is -0.230. The number of hydrogen-bond donors (Lipinski definition) is 0. The van der Waals surface area contributed by atoms with Gasteiger partial charge < -0.3 is 9.47 Å². The van der Waals surface area contributed by atoms with Crippen LogP contribution in [-0.2, 0) is 19.1 Å². The maximum atomic E-state index is 12.8. The first-order chi connectivity index (χ1) is 12.7. The fraction of sp³-hybridized carbons (Fsp3) is 0.913. The highest BCUT2D eigenvalue weighted by Crippen LogP contribution is 2.62. The molecule has 4 saturated carbocycles. The smallest absolute Gasteiger partial charge is 0.344 e. The normalized spacial score (nSPS) is 35.7. The van der Waals surface area contributed by atoms with Crippen LogP contribution in [0.4, 0.5) is 0 Å². The molecule has 4 aliphatic carbocycles. The Morgan fingerprint density at radius 2 is 1.59 bits per heavy atom. The number of carbonyl (C=O) groups excluding carboxylic acids is 2. The van der Waals surface area contributed by atoms with E-state index in [0.29, 0.717) is 24.2 Å². The third kappa shape index (κ3) is 3.78. The van der Waals surface area contributed by atoms with Gasteiger partial charge >= 0.3 is 11.9 Å². The van der Waals surface area contributed by atoms with E-state index in [1.54, 1.807) is 0 Å². The van der Waals surface area contributed by atoms with Crippen molar-refractivity contribution in [3.8, 4) is 0 Å². The van der Waals surface area contributed by atoms with E-state index in [2.05, 4.69) is 13.8 Å². The second-order valence-corrected chi connectivity index (χ2v) is 10.1. The van der Waals surface area contributed by atoms with Crippen molar-refractivity contribution in [1.82, 2.24) is 0 Å². The molecule has 1 unspecified atom stereocenters. The monoisotopic (exact) mass is 378 g/mol. The van der Waals surface area contributed by atoms with Gasteiger partial charge in [-0.3, -0.25) is 4.79 Å². The van der Waals surface area contributed by atoms with Gasteiger partial charge in [0.25, 0.3) is 0 Å². The molecule has 0 heterocycles. The molecule has 0 saturated heterocycles. The van der Waals surface area contributed by atoms with E-state index >= 15 is 0 Å². The highest BCUT2D eigenvalue weighted by molar-refractivity contribution is 5.80. The summed E-state index contributed by atoms with van der Waals surface area (Å²) in [7, 11) is 0. The maximum Gasteiger partial charge on any atom is 0.344 e. The number of rotatable bonds is 8. The lowest BCUT2D eigenvalue weighted by Gasteiger charge is -2.62. The van der Waals surface area contributed by atoms with E-state index in [1.807, 2.05) is 20.8 Å². The van der Waals surface area contributed by atoms with Crippen LogP contribution < -0.4 is 0 Å². The van der Waals surface area contributed by atoms with E-state index in [0.717, 1.165) is 24.7 Å². The summed E-state index contributed by atoms with van der Waals surface area (Å²) in [6.07, 6.45) is 9.07. The summed E-state index contributed by atoms with van der Waals surface area (Å²) < 4.78 is 11.6. The molecule has 0 amide bonds. The summed E-state index contributed by atoms with van der Waals surface area (Å²) >= 11 is 0. The van der Waals surface area contributed by atoms with E-state index < -0.39 is 5.41 Å². The Morgan fingerprint density at radius 3 is 2.07 bits per heavy atom. The van der Waals surface area contributed by atoms with Gasteiger partial charge in [0.15, 0.2) is 6.61 Å². The van der Waals surface area contributed by atoms with Gasteiger partial charge in [0.2, 0.25) is 0 Å². The molecule has 4 aliphatic rings. The van der Waals surface area contributed by atoms with E-state index in [-0.39, 0.29) is 24.1 Å². The summed E-state index contributed by atoms with van der Waals surface area (Å²) in [5.74, 6) is 2.33. The van der Waals surface area contributed by atoms with Gasteiger partial charge in [-0.2, -0.15) is 0 Å². The molecular weight excluding hydrogens is 340 g/mol. The molecule has 0 aromatic heterocycles. The maximum absolute atomic E-state index is 12.8. The van der Waals surface area contributed by atoms with Crippen molar-refractivity contribution in [3.63, 3.8) is 0 Å². The average molecular weight is 379 g/mol. The summed E-state index contributed by atoms with van der Waals surface area (Å²) in [5, 5.41) is 0. The van der Waals surface area contributed by atoms with Crippen molar-refractivity contribution < 1.29 is 19.1 Å². The number of hydrogen-bond acceptors (Lipinski definition) is 4. The van der Waals surface area contributed by atoms with Gasteiger partial charge in [-0.05, 0) is 88.4 Å². The molecule has 0 radical (unpaired) electrons. The largest absolute Gasteiger partial charge is 0.456 e. The quantitative estimate of drug-likeness (QED) is 0.549. The number of esters is 2. The number of carbonyl (C=O) groups is 2. The molecule has 4 fully saturated rings. The molecule has 154 valence electrons. The molecule has 0 aromatic rings. The molecule has 0 aromatic carbocycles. The molecule has 0 N–H and O–H groups in total. The third-order valence-corrected chi connectivity index (χ3v) is 7.95. The molecule has 4 nitrogen and oxygen atoms in total. The minimum atomic E-state index is -0.559. The van der Waals surface area contributed by atoms with Gasteiger partial charge in [-0.1, -0.05) is 27.2 Å². The minimum absolute atomic E-state index is 0.255. The standard InChI is InChI=1S/C23H38O4/c1-6-8-15(3)23(18-10-16-9-17(12-18)13-19(23)11-16)27-20(24)14-26-21(25)22(4,5)7-2/h15-19H,6-14H2,1-5H3. The van der Waals surface area contributed by atoms with Crippen molar-refractivity contribution in [2.75, 3.05) is 6.61 Å². The van der Waals surface area contributed by atoms with Crippen molar-refractivity contribution in [2.24, 2.45) is 35.0 Å². The fourth-order valence-corrected chi connectivity index (χ4v) is 6.34. The number of ether oxygens (including phenoxy) is 2. The predicted octanol–water partition coefficient (Wildman–Crippen LogP) is 5.14. The lowest BCUT2D eigenvalue weighted by Crippen LogP contribution is -2.63. The molecule has 0 aliphatic heterocycles. The van der Waals surface area contributed by atoms with Gasteiger partial charge in [-0.25, -0.2) is 4.79 Å². The first-order valence-corrected chi connectivity index (χ1v) is 11.1. The highest BCUT2D eigenvalue weighted by atomic mass is 16.6. The molecule has 1 atom stereocenters. The van der Waals surface area contributed by atoms with Crippen molar-refractivity contribution in [1.29, 1.82) is 0 Å². The Kier molecular flexibility index (Phi) is 5.93. The van der Waals surface area contributed by atoms with Crippen LogP contribution in [0.15, 0.2) is 0 Å². The highest BCUT2D eigenvalue weighted by Gasteiger charge is 2.61. The van der Waals surface area contributed by atoms with Crippen LogP contribution in [0.2, 0.25) is 0 Å². The van der Waals surface area contributed by atoms with Crippen LogP contribution in [0.3, 0.4) is 0 Å². The van der Waals surface area contributed by atoms with E-state index in [1.165, 1.54) is 32.1 Å². The Hall–Kier alpha value is -1.06. The van der Waals surface area contributed by atoms with Crippen LogP contribution in [0.5, 0.6) is 0 Å². The first kappa shape index (κ1) is 20.7. The predicted molar refractivity (Wildman–Crippen MR) is 105 cm³/mol. The summed E-state index contributed by atoms with van der Waals surface area (Å²) in [5.41, 5.74) is -0.900. The molecule has 4 bridgehead atoms. The van der Waals surface area contributed by atoms with Gasteiger partial charge in [0.1, 0.15) is 5.60 Å². The Balaban J connectivity index is 1.71. The second kappa shape index (κ2) is 7.75. The zero-order valence-corrected chi connectivity index (χ0v) is 17.9. The van der Waals surface area contributed by atoms with E-state index in [4.69, 9.17) is 9.47 Å². The molecule has 4 rings (SSSR count). The molecule has 27 heavy (non-hydrogen) atoms. The summed E-state index contributed by atoms with van der Waals surface area (Å²) in [4.78, 5) is 25.0. The van der Waals surface area contributed by atoms with Gasteiger partial charge in [-0.15, -0.1) is 0 Å². The molecular formula is C23H38O4. The van der Waals surface area contributed by atoms with Gasteiger partial charge in [0, 0.05) is 0 Å². The second-order valence-electron chi connectivity index (χ2n) is 10.1. The summed E-state index contributed by atoms with van der Waals surface area (Å²) in [6, 6.07) is 0. The third-order valence-electron chi connectivity index (χ3n) is 7.95. The van der Waals surface area contributed by atoms with Crippen LogP contribution >= 0.6 is 0 Å². The SMILES string of the molecule is CCCC(C)C1(OC(=O)COC(=O)C(C)(C)CC)C2CC3CC(C2)CC1C3. The minimum Gasteiger partial charge on any atom is -0.456 e. The zero-order valence-electron chi connectivity index (χ0n) is 17.9. The Morgan fingerprint density at radius 1 is 1.04 bits per heavy atom. The average Bonchev–Trinajstić information content (AvgIpc) is 2.62. The Labute approximate surface area is 164 Å². The van der Waals surface area contributed by atoms with Crippen molar-refractivity contribution in [3.05, 3.63) is 0 Å². The topological polar surface area (TPSA) is 52.6 Å². The summed E-state index contributed by atoms with van der Waals surface area (Å²) in [6.45, 7) is 9.87. The fourth-order valence-electron chi connectivity index (χ4n) is 6.34. The Bertz CT molecular complexity index is 537. The van der Waals surface area contributed by atoms with Crippen molar-refractivity contribution in [2.45, 2.75) is 91.6 Å². The first-order valence-electron chi connectivity index (χ1n) is 11.1. The van der Waals surface area contributed by atoms with Crippen LogP contribution in [0.1, 0.15) is 86.0 Å². The van der Waals surface area contributed by atoms with E-state index in [9.17, 15) is 9.59 Å². The van der Waals surface area contributed by atoms with Crippen molar-refractivity contribution >= 4 is 11.9 Å². The van der Waals surface area contributed by atoms with Crippen LogP contribution in [-0.4, -0.2) is 24.1 Å². The van der Waals surface area contributed by atoms with Crippen LogP contribution in [0.25, 0.3) is 0 Å². The molecule has 4 heteroatoms. The van der Waals surface area contributed by atoms with Gasteiger partial charge in [0.05, 0.1) is 5.41 Å². The van der Waals surface area contributed by atoms with Crippen LogP contribution in [0, 0.1) is 35.0 Å². The zero-order chi connectivity index (χ0) is 19.8. The molecule has 0 spiro atoms.